The molecule has 0 amide bonds. The summed E-state index contributed by atoms with van der Waals surface area (Å²) >= 11 is 0. The standard InChI is InChI=1S/C19H24N4O2/c1-3-17(25-13-14-7-10-24-12-14)4-2-15(1)18-6-9-21-19(23-18)22-16-5-8-20-11-16/h1-4,6,9,14,16,20H,5,7-8,10-13H2,(H,21,22,23). The van der Waals surface area contributed by atoms with E-state index in [9.17, 15) is 0 Å². The molecule has 1 aromatic carbocycles. The Balaban J connectivity index is 1.39. The Kier molecular flexibility index (Phi) is 5.09. The van der Waals surface area contributed by atoms with E-state index in [2.05, 4.69) is 20.6 Å². The Morgan fingerprint density at radius 1 is 1.20 bits per heavy atom. The van der Waals surface area contributed by atoms with Crippen LogP contribution in [0.1, 0.15) is 12.8 Å². The SMILES string of the molecule is c1cc(-c2ccc(OCC3CCOC3)cc2)nc(NC2CCNC2)n1. The zero-order chi connectivity index (χ0) is 16.9. The summed E-state index contributed by atoms with van der Waals surface area (Å²) < 4.78 is 11.2. The summed E-state index contributed by atoms with van der Waals surface area (Å²) in [5.74, 6) is 2.09. The monoisotopic (exact) mass is 340 g/mol. The van der Waals surface area contributed by atoms with Crippen LogP contribution < -0.4 is 15.4 Å². The molecule has 4 rings (SSSR count). The van der Waals surface area contributed by atoms with Crippen LogP contribution in [0.3, 0.4) is 0 Å². The van der Waals surface area contributed by atoms with Crippen LogP contribution in [-0.2, 0) is 4.74 Å². The second kappa shape index (κ2) is 7.80. The van der Waals surface area contributed by atoms with Crippen LogP contribution in [0.4, 0.5) is 5.95 Å². The summed E-state index contributed by atoms with van der Waals surface area (Å²) in [5.41, 5.74) is 1.98. The molecule has 25 heavy (non-hydrogen) atoms. The second-order valence-corrected chi connectivity index (χ2v) is 6.66. The first-order valence-corrected chi connectivity index (χ1v) is 8.98. The van der Waals surface area contributed by atoms with Gasteiger partial charge in [-0.05, 0) is 49.7 Å². The van der Waals surface area contributed by atoms with E-state index < -0.39 is 0 Å². The first-order chi connectivity index (χ1) is 12.4. The van der Waals surface area contributed by atoms with E-state index >= 15 is 0 Å². The third-order valence-electron chi connectivity index (χ3n) is 4.71. The molecule has 2 aromatic rings. The van der Waals surface area contributed by atoms with Crippen LogP contribution in [0.5, 0.6) is 5.75 Å². The van der Waals surface area contributed by atoms with E-state index in [1.807, 2.05) is 30.3 Å². The van der Waals surface area contributed by atoms with E-state index in [4.69, 9.17) is 9.47 Å². The van der Waals surface area contributed by atoms with E-state index in [1.54, 1.807) is 6.20 Å². The molecule has 6 nitrogen and oxygen atoms in total. The van der Waals surface area contributed by atoms with Gasteiger partial charge in [-0.3, -0.25) is 0 Å². The minimum Gasteiger partial charge on any atom is -0.493 e. The topological polar surface area (TPSA) is 68.3 Å². The molecular formula is C19H24N4O2. The zero-order valence-electron chi connectivity index (χ0n) is 14.3. The van der Waals surface area contributed by atoms with E-state index in [0.29, 0.717) is 17.9 Å². The minimum absolute atomic E-state index is 0.408. The van der Waals surface area contributed by atoms with Crippen molar-refractivity contribution in [1.82, 2.24) is 15.3 Å². The van der Waals surface area contributed by atoms with Gasteiger partial charge in [0.1, 0.15) is 5.75 Å². The molecule has 1 aromatic heterocycles. The average Bonchev–Trinajstić information content (AvgIpc) is 3.35. The highest BCUT2D eigenvalue weighted by Gasteiger charge is 2.16. The lowest BCUT2D eigenvalue weighted by Gasteiger charge is -2.12. The van der Waals surface area contributed by atoms with Crippen molar-refractivity contribution in [2.45, 2.75) is 18.9 Å². The highest BCUT2D eigenvalue weighted by molar-refractivity contribution is 5.61. The summed E-state index contributed by atoms with van der Waals surface area (Å²) in [4.78, 5) is 8.97. The zero-order valence-corrected chi connectivity index (χ0v) is 14.3. The number of ether oxygens (including phenoxy) is 2. The first-order valence-electron chi connectivity index (χ1n) is 8.98. The number of benzene rings is 1. The molecule has 3 heterocycles. The maximum Gasteiger partial charge on any atom is 0.223 e. The number of rotatable bonds is 6. The first kappa shape index (κ1) is 16.3. The second-order valence-electron chi connectivity index (χ2n) is 6.66. The maximum atomic E-state index is 5.86. The van der Waals surface area contributed by atoms with Crippen LogP contribution in [0.15, 0.2) is 36.5 Å². The van der Waals surface area contributed by atoms with Crippen molar-refractivity contribution in [3.05, 3.63) is 36.5 Å². The normalized spacial score (nSPS) is 22.9. The average molecular weight is 340 g/mol. The van der Waals surface area contributed by atoms with Gasteiger partial charge in [0, 0.05) is 36.9 Å². The van der Waals surface area contributed by atoms with Gasteiger partial charge < -0.3 is 20.1 Å². The summed E-state index contributed by atoms with van der Waals surface area (Å²) in [7, 11) is 0. The maximum absolute atomic E-state index is 5.86. The molecule has 0 spiro atoms. The fraction of sp³-hybridized carbons (Fsp3) is 0.474. The Morgan fingerprint density at radius 3 is 2.88 bits per heavy atom. The molecule has 2 N–H and O–H groups in total. The number of hydrogen-bond acceptors (Lipinski definition) is 6. The Bertz CT molecular complexity index is 680. The van der Waals surface area contributed by atoms with E-state index in [-0.39, 0.29) is 0 Å². The van der Waals surface area contributed by atoms with Gasteiger partial charge in [-0.1, -0.05) is 0 Å². The van der Waals surface area contributed by atoms with Crippen molar-refractivity contribution in [2.24, 2.45) is 5.92 Å². The summed E-state index contributed by atoms with van der Waals surface area (Å²) in [5, 5.41) is 6.73. The van der Waals surface area contributed by atoms with Crippen molar-refractivity contribution < 1.29 is 9.47 Å². The van der Waals surface area contributed by atoms with Gasteiger partial charge in [0.15, 0.2) is 0 Å². The van der Waals surface area contributed by atoms with Crippen LogP contribution in [-0.4, -0.2) is 48.9 Å². The minimum atomic E-state index is 0.408. The Hall–Kier alpha value is -2.18. The summed E-state index contributed by atoms with van der Waals surface area (Å²) in [6, 6.07) is 10.4. The van der Waals surface area contributed by atoms with Crippen molar-refractivity contribution >= 4 is 5.95 Å². The van der Waals surface area contributed by atoms with Gasteiger partial charge in [-0.2, -0.15) is 0 Å². The molecule has 2 saturated heterocycles. The highest BCUT2D eigenvalue weighted by atomic mass is 16.5. The van der Waals surface area contributed by atoms with Crippen molar-refractivity contribution in [1.29, 1.82) is 0 Å². The lowest BCUT2D eigenvalue weighted by Crippen LogP contribution is -2.23. The van der Waals surface area contributed by atoms with E-state index in [0.717, 1.165) is 62.8 Å². The molecule has 0 aliphatic carbocycles. The fourth-order valence-corrected chi connectivity index (χ4v) is 3.20. The van der Waals surface area contributed by atoms with Gasteiger partial charge in [0.25, 0.3) is 0 Å². The van der Waals surface area contributed by atoms with Gasteiger partial charge in [-0.15, -0.1) is 0 Å². The Morgan fingerprint density at radius 2 is 2.12 bits per heavy atom. The number of hydrogen-bond donors (Lipinski definition) is 2. The molecular weight excluding hydrogens is 316 g/mol. The molecule has 2 unspecified atom stereocenters. The van der Waals surface area contributed by atoms with Crippen molar-refractivity contribution in [3.8, 4) is 17.0 Å². The highest BCUT2D eigenvalue weighted by Crippen LogP contribution is 2.23. The molecule has 2 fully saturated rings. The quantitative estimate of drug-likeness (QED) is 0.841. The molecule has 6 heteroatoms. The van der Waals surface area contributed by atoms with Crippen LogP contribution in [0, 0.1) is 5.92 Å². The van der Waals surface area contributed by atoms with Gasteiger partial charge in [0.2, 0.25) is 5.95 Å². The molecule has 132 valence electrons. The number of anilines is 1. The van der Waals surface area contributed by atoms with Crippen LogP contribution >= 0.6 is 0 Å². The third kappa shape index (κ3) is 4.27. The van der Waals surface area contributed by atoms with Gasteiger partial charge in [-0.25, -0.2) is 9.97 Å². The van der Waals surface area contributed by atoms with Crippen LogP contribution in [0.2, 0.25) is 0 Å². The predicted molar refractivity (Wildman–Crippen MR) is 96.8 cm³/mol. The summed E-state index contributed by atoms with van der Waals surface area (Å²) in [6.07, 6.45) is 3.99. The molecule has 0 bridgehead atoms. The number of aromatic nitrogens is 2. The Labute approximate surface area is 148 Å². The largest absolute Gasteiger partial charge is 0.493 e. The van der Waals surface area contributed by atoms with Crippen molar-refractivity contribution in [3.63, 3.8) is 0 Å². The lowest BCUT2D eigenvalue weighted by atomic mass is 10.1. The molecule has 0 saturated carbocycles. The number of nitrogens with zero attached hydrogens (tertiary/aromatic N) is 2. The van der Waals surface area contributed by atoms with Gasteiger partial charge in [0.05, 0.1) is 18.9 Å². The molecule has 2 aliphatic heterocycles. The smallest absolute Gasteiger partial charge is 0.223 e. The van der Waals surface area contributed by atoms with Crippen molar-refractivity contribution in [2.75, 3.05) is 38.2 Å². The fourth-order valence-electron chi connectivity index (χ4n) is 3.20. The lowest BCUT2D eigenvalue weighted by molar-refractivity contribution is 0.167. The van der Waals surface area contributed by atoms with E-state index in [1.165, 1.54) is 0 Å². The molecule has 2 aliphatic rings. The predicted octanol–water partition coefficient (Wildman–Crippen LogP) is 2.33. The molecule has 0 radical (unpaired) electrons. The molecule has 2 atom stereocenters. The third-order valence-corrected chi connectivity index (χ3v) is 4.71. The number of nitrogens with one attached hydrogen (secondary N) is 2. The van der Waals surface area contributed by atoms with Gasteiger partial charge >= 0.3 is 0 Å². The summed E-state index contributed by atoms with van der Waals surface area (Å²) in [6.45, 7) is 4.40. The van der Waals surface area contributed by atoms with Crippen LogP contribution in [0.25, 0.3) is 11.3 Å².